The molecule has 0 bridgehead atoms. The molecule has 0 amide bonds. The van der Waals surface area contributed by atoms with Crippen LogP contribution in [0.1, 0.15) is 19.4 Å². The van der Waals surface area contributed by atoms with E-state index >= 15 is 0 Å². The molecule has 4 heteroatoms. The van der Waals surface area contributed by atoms with Crippen molar-refractivity contribution in [3.05, 3.63) is 48.0 Å². The van der Waals surface area contributed by atoms with E-state index in [1.165, 1.54) is 0 Å². The molecule has 1 N–H and O–H groups in total. The van der Waals surface area contributed by atoms with E-state index in [0.717, 1.165) is 37.6 Å². The van der Waals surface area contributed by atoms with E-state index in [2.05, 4.69) is 11.8 Å². The van der Waals surface area contributed by atoms with Crippen molar-refractivity contribution in [2.45, 2.75) is 19.4 Å². The lowest BCUT2D eigenvalue weighted by atomic mass is 10.0. The molecule has 0 saturated carbocycles. The van der Waals surface area contributed by atoms with Gasteiger partial charge in [-0.1, -0.05) is 24.0 Å². The van der Waals surface area contributed by atoms with Crippen LogP contribution in [0.25, 0.3) is 20.5 Å². The summed E-state index contributed by atoms with van der Waals surface area (Å²) in [6.45, 7) is 3.36. The van der Waals surface area contributed by atoms with E-state index in [1.807, 2.05) is 42.5 Å². The van der Waals surface area contributed by atoms with Crippen LogP contribution >= 0.6 is 11.3 Å². The highest BCUT2D eigenvalue weighted by atomic mass is 32.1. The van der Waals surface area contributed by atoms with E-state index in [1.54, 1.807) is 39.4 Å². The van der Waals surface area contributed by atoms with Crippen LogP contribution < -0.4 is 9.47 Å². The van der Waals surface area contributed by atoms with Crippen LogP contribution in [0.15, 0.2) is 42.5 Å². The van der Waals surface area contributed by atoms with Crippen molar-refractivity contribution in [3.8, 4) is 33.8 Å². The highest BCUT2D eigenvalue weighted by Gasteiger charge is 2.15. The van der Waals surface area contributed by atoms with Crippen LogP contribution in [0, 0.1) is 11.8 Å². The molecule has 0 aliphatic carbocycles. The van der Waals surface area contributed by atoms with Gasteiger partial charge in [-0.2, -0.15) is 0 Å². The van der Waals surface area contributed by atoms with Crippen LogP contribution in [0.5, 0.6) is 11.5 Å². The Labute approximate surface area is 151 Å². The summed E-state index contributed by atoms with van der Waals surface area (Å²) in [6, 6.07) is 13.9. The number of aliphatic hydroxyl groups is 1. The number of methoxy groups -OCH3 is 2. The molecule has 0 aliphatic heterocycles. The zero-order valence-electron chi connectivity index (χ0n) is 14.7. The smallest absolute Gasteiger partial charge is 0.120 e. The SMILES string of the molecule is COc1cccc(-c2sc3ccc(OC)cc3c2C#CC(C)(C)O)c1. The van der Waals surface area contributed by atoms with Crippen LogP contribution in [0.4, 0.5) is 0 Å². The van der Waals surface area contributed by atoms with Crippen molar-refractivity contribution in [3.63, 3.8) is 0 Å². The molecule has 128 valence electrons. The molecule has 1 heterocycles. The zero-order chi connectivity index (χ0) is 18.0. The summed E-state index contributed by atoms with van der Waals surface area (Å²) in [6.07, 6.45) is 0. The van der Waals surface area contributed by atoms with Gasteiger partial charge in [-0.25, -0.2) is 0 Å². The Balaban J connectivity index is 2.27. The van der Waals surface area contributed by atoms with Crippen LogP contribution in [-0.2, 0) is 0 Å². The Morgan fingerprint density at radius 2 is 1.72 bits per heavy atom. The lowest BCUT2D eigenvalue weighted by Crippen LogP contribution is -2.14. The Morgan fingerprint density at radius 3 is 2.40 bits per heavy atom. The minimum absolute atomic E-state index is 0.786. The van der Waals surface area contributed by atoms with E-state index < -0.39 is 5.60 Å². The average Bonchev–Trinajstić information content (AvgIpc) is 2.97. The van der Waals surface area contributed by atoms with Gasteiger partial charge in [0.05, 0.1) is 24.7 Å². The molecule has 0 aliphatic rings. The summed E-state index contributed by atoms with van der Waals surface area (Å²) in [7, 11) is 3.31. The quantitative estimate of drug-likeness (QED) is 0.694. The number of hydrogen-bond donors (Lipinski definition) is 1. The van der Waals surface area contributed by atoms with Crippen LogP contribution in [0.3, 0.4) is 0 Å². The molecule has 2 aromatic carbocycles. The molecule has 3 aromatic rings. The number of rotatable bonds is 3. The molecule has 0 fully saturated rings. The van der Waals surface area contributed by atoms with Crippen molar-refractivity contribution in [2.75, 3.05) is 14.2 Å². The predicted molar refractivity (Wildman–Crippen MR) is 104 cm³/mol. The van der Waals surface area contributed by atoms with Crippen molar-refractivity contribution >= 4 is 21.4 Å². The third kappa shape index (κ3) is 3.79. The van der Waals surface area contributed by atoms with Crippen molar-refractivity contribution in [1.82, 2.24) is 0 Å². The Kier molecular flexibility index (Phi) is 4.71. The Hall–Kier alpha value is -2.48. The lowest BCUT2D eigenvalue weighted by Gasteiger charge is -2.07. The fourth-order valence-corrected chi connectivity index (χ4v) is 3.65. The first-order valence-corrected chi connectivity index (χ1v) is 8.73. The van der Waals surface area contributed by atoms with Gasteiger partial charge in [0, 0.05) is 10.1 Å². The molecule has 0 radical (unpaired) electrons. The highest BCUT2D eigenvalue weighted by Crippen LogP contribution is 2.40. The fraction of sp³-hybridized carbons (Fsp3) is 0.238. The van der Waals surface area contributed by atoms with E-state index in [0.29, 0.717) is 0 Å². The van der Waals surface area contributed by atoms with E-state index in [-0.39, 0.29) is 0 Å². The van der Waals surface area contributed by atoms with Crippen molar-refractivity contribution < 1.29 is 14.6 Å². The summed E-state index contributed by atoms with van der Waals surface area (Å²) in [5.74, 6) is 7.70. The molecular weight excluding hydrogens is 332 g/mol. The molecule has 0 unspecified atom stereocenters. The van der Waals surface area contributed by atoms with Gasteiger partial charge in [-0.3, -0.25) is 0 Å². The van der Waals surface area contributed by atoms with Gasteiger partial charge >= 0.3 is 0 Å². The maximum atomic E-state index is 10.0. The number of ether oxygens (including phenoxy) is 2. The molecule has 1 aromatic heterocycles. The average molecular weight is 352 g/mol. The van der Waals surface area contributed by atoms with E-state index in [4.69, 9.17) is 9.47 Å². The topological polar surface area (TPSA) is 38.7 Å². The van der Waals surface area contributed by atoms with Crippen molar-refractivity contribution in [1.29, 1.82) is 0 Å². The first-order valence-electron chi connectivity index (χ1n) is 7.92. The summed E-state index contributed by atoms with van der Waals surface area (Å²) < 4.78 is 11.8. The minimum atomic E-state index is -1.06. The lowest BCUT2D eigenvalue weighted by molar-refractivity contribution is 0.143. The molecule has 3 rings (SSSR count). The maximum Gasteiger partial charge on any atom is 0.120 e. The molecule has 0 spiro atoms. The third-order valence-corrected chi connectivity index (χ3v) is 4.94. The number of benzene rings is 2. The fourth-order valence-electron chi connectivity index (χ4n) is 2.51. The van der Waals surface area contributed by atoms with Gasteiger partial charge in [-0.05, 0) is 49.7 Å². The van der Waals surface area contributed by atoms with Gasteiger partial charge in [0.15, 0.2) is 0 Å². The number of fused-ring (bicyclic) bond motifs is 1. The summed E-state index contributed by atoms with van der Waals surface area (Å²) >= 11 is 1.67. The minimum Gasteiger partial charge on any atom is -0.497 e. The zero-order valence-corrected chi connectivity index (χ0v) is 15.5. The summed E-state index contributed by atoms with van der Waals surface area (Å²) in [5, 5.41) is 11.0. The van der Waals surface area contributed by atoms with Gasteiger partial charge in [0.25, 0.3) is 0 Å². The number of thiophene rings is 1. The maximum absolute atomic E-state index is 10.0. The van der Waals surface area contributed by atoms with Gasteiger partial charge in [0.1, 0.15) is 17.1 Å². The second kappa shape index (κ2) is 6.79. The molecular formula is C21H20O3S. The normalized spacial score (nSPS) is 11.1. The standard InChI is InChI=1S/C21H20O3S/c1-21(2,22)11-10-17-18-13-16(24-4)8-9-19(18)25-20(17)14-6-5-7-15(12-14)23-3/h5-9,12-13,22H,1-4H3. The van der Waals surface area contributed by atoms with E-state index in [9.17, 15) is 5.11 Å². The van der Waals surface area contributed by atoms with Gasteiger partial charge in [0.2, 0.25) is 0 Å². The first-order chi connectivity index (χ1) is 11.9. The van der Waals surface area contributed by atoms with Crippen molar-refractivity contribution in [2.24, 2.45) is 0 Å². The van der Waals surface area contributed by atoms with Crippen LogP contribution in [-0.4, -0.2) is 24.9 Å². The predicted octanol–water partition coefficient (Wildman–Crippen LogP) is 4.71. The summed E-state index contributed by atoms with van der Waals surface area (Å²) in [5.41, 5.74) is 0.882. The summed E-state index contributed by atoms with van der Waals surface area (Å²) in [4.78, 5) is 1.05. The third-order valence-electron chi connectivity index (χ3n) is 3.72. The highest BCUT2D eigenvalue weighted by molar-refractivity contribution is 7.22. The second-order valence-electron chi connectivity index (χ2n) is 6.21. The second-order valence-corrected chi connectivity index (χ2v) is 7.26. The molecule has 25 heavy (non-hydrogen) atoms. The van der Waals surface area contributed by atoms with Gasteiger partial charge < -0.3 is 14.6 Å². The Bertz CT molecular complexity index is 968. The first kappa shape index (κ1) is 17.3. The molecule has 3 nitrogen and oxygen atoms in total. The van der Waals surface area contributed by atoms with Gasteiger partial charge in [-0.15, -0.1) is 11.3 Å². The molecule has 0 saturated heterocycles. The number of hydrogen-bond acceptors (Lipinski definition) is 4. The van der Waals surface area contributed by atoms with Crippen LogP contribution in [0.2, 0.25) is 0 Å². The largest absolute Gasteiger partial charge is 0.497 e. The Morgan fingerprint density at radius 1 is 1.00 bits per heavy atom. The monoisotopic (exact) mass is 352 g/mol. The molecule has 0 atom stereocenters.